The highest BCUT2D eigenvalue weighted by Crippen LogP contribution is 2.79. The Morgan fingerprint density at radius 3 is 2.10 bits per heavy atom. The van der Waals surface area contributed by atoms with Gasteiger partial charge in [0.05, 0.1) is 5.41 Å². The van der Waals surface area contributed by atoms with E-state index >= 15 is 0 Å². The molecule has 1 saturated carbocycles. The van der Waals surface area contributed by atoms with Gasteiger partial charge in [-0.1, -0.05) is 49.3 Å². The van der Waals surface area contributed by atoms with Gasteiger partial charge in [0.2, 0.25) is 0 Å². The molecule has 0 spiro atoms. The summed E-state index contributed by atoms with van der Waals surface area (Å²) in [6, 6.07) is 6.34. The third-order valence-electron chi connectivity index (χ3n) is 5.70. The van der Waals surface area contributed by atoms with Crippen LogP contribution in [0.4, 0.5) is 0 Å². The van der Waals surface area contributed by atoms with Crippen LogP contribution in [-0.4, -0.2) is 11.1 Å². The number of aliphatic carboxylic acids is 1. The minimum Gasteiger partial charge on any atom is -0.481 e. The van der Waals surface area contributed by atoms with Gasteiger partial charge < -0.3 is 5.11 Å². The topological polar surface area (TPSA) is 37.3 Å². The third-order valence-corrected chi connectivity index (χ3v) is 5.70. The van der Waals surface area contributed by atoms with Crippen molar-refractivity contribution in [3.63, 3.8) is 0 Å². The van der Waals surface area contributed by atoms with E-state index in [0.29, 0.717) is 0 Å². The molecule has 1 aliphatic carbocycles. The first-order valence-electron chi connectivity index (χ1n) is 7.49. The molecule has 0 bridgehead atoms. The zero-order valence-electron chi connectivity index (χ0n) is 14.2. The summed E-state index contributed by atoms with van der Waals surface area (Å²) in [7, 11) is 0. The van der Waals surface area contributed by atoms with Gasteiger partial charge in [0.15, 0.2) is 0 Å². The minimum atomic E-state index is -0.780. The molecule has 1 aromatic carbocycles. The van der Waals surface area contributed by atoms with Crippen molar-refractivity contribution in [3.8, 4) is 0 Å². The second-order valence-corrected chi connectivity index (χ2v) is 7.40. The quantitative estimate of drug-likeness (QED) is 0.822. The van der Waals surface area contributed by atoms with Crippen molar-refractivity contribution in [2.75, 3.05) is 0 Å². The molecule has 0 radical (unpaired) electrons. The Kier molecular flexibility index (Phi) is 3.36. The van der Waals surface area contributed by atoms with Crippen LogP contribution in [0.1, 0.15) is 51.3 Å². The summed E-state index contributed by atoms with van der Waals surface area (Å²) in [5, 5.41) is 9.87. The van der Waals surface area contributed by atoms with Crippen LogP contribution in [0.5, 0.6) is 0 Å². The standard InChI is InChI=1S/C19H26O2/c1-12(2)11-19(15-9-8-13(3)10-14(15)4)17(5,6)18(19,7)16(20)21/h8-11H,1-7H3,(H,20,21). The number of aryl methyl sites for hydroxylation is 2. The molecule has 1 aromatic rings. The van der Waals surface area contributed by atoms with E-state index in [4.69, 9.17) is 0 Å². The Hall–Kier alpha value is -1.57. The molecule has 2 heteroatoms. The summed E-state index contributed by atoms with van der Waals surface area (Å²) in [6.07, 6.45) is 2.17. The highest BCUT2D eigenvalue weighted by atomic mass is 16.4. The maximum atomic E-state index is 12.0. The lowest BCUT2D eigenvalue weighted by molar-refractivity contribution is -0.144. The molecule has 21 heavy (non-hydrogen) atoms. The zero-order valence-corrected chi connectivity index (χ0v) is 14.2. The number of carboxylic acids is 1. The summed E-state index contributed by atoms with van der Waals surface area (Å²) < 4.78 is 0. The van der Waals surface area contributed by atoms with Crippen LogP contribution < -0.4 is 0 Å². The highest BCUT2D eigenvalue weighted by molar-refractivity contribution is 5.86. The van der Waals surface area contributed by atoms with Gasteiger partial charge >= 0.3 is 5.97 Å². The molecular weight excluding hydrogens is 260 g/mol. The van der Waals surface area contributed by atoms with Crippen molar-refractivity contribution in [2.45, 2.75) is 53.9 Å². The van der Waals surface area contributed by atoms with Crippen molar-refractivity contribution >= 4 is 5.97 Å². The molecule has 0 aromatic heterocycles. The van der Waals surface area contributed by atoms with E-state index < -0.39 is 16.8 Å². The maximum absolute atomic E-state index is 12.0. The SMILES string of the molecule is CC(C)=CC1(c2ccc(C)cc2C)C(C)(C)C1(C)C(=O)O. The second kappa shape index (κ2) is 4.46. The molecule has 1 fully saturated rings. The molecule has 0 saturated heterocycles. The summed E-state index contributed by atoms with van der Waals surface area (Å²) in [4.78, 5) is 12.0. The summed E-state index contributed by atoms with van der Waals surface area (Å²) in [5.41, 5.74) is 3.14. The first-order chi connectivity index (χ1) is 9.52. The number of benzene rings is 1. The lowest BCUT2D eigenvalue weighted by Crippen LogP contribution is -2.23. The molecular formula is C19H26O2. The number of carboxylic acid groups (broad SMARTS) is 1. The summed E-state index contributed by atoms with van der Waals surface area (Å²) in [6.45, 7) is 14.3. The van der Waals surface area contributed by atoms with E-state index in [9.17, 15) is 9.90 Å². The van der Waals surface area contributed by atoms with Gasteiger partial charge in [-0.25, -0.2) is 0 Å². The van der Waals surface area contributed by atoms with Gasteiger partial charge in [-0.2, -0.15) is 0 Å². The lowest BCUT2D eigenvalue weighted by atomic mass is 9.81. The van der Waals surface area contributed by atoms with Gasteiger partial charge in [-0.3, -0.25) is 4.79 Å². The fourth-order valence-electron chi connectivity index (χ4n) is 4.27. The Bertz CT molecular complexity index is 635. The number of rotatable bonds is 3. The molecule has 0 heterocycles. The molecule has 2 unspecified atom stereocenters. The van der Waals surface area contributed by atoms with Crippen LogP contribution in [0.2, 0.25) is 0 Å². The molecule has 0 aliphatic heterocycles. The van der Waals surface area contributed by atoms with Gasteiger partial charge in [-0.15, -0.1) is 0 Å². The van der Waals surface area contributed by atoms with Crippen LogP contribution in [0.25, 0.3) is 0 Å². The van der Waals surface area contributed by atoms with Crippen LogP contribution in [0.15, 0.2) is 29.8 Å². The Labute approximate surface area is 127 Å². The Morgan fingerprint density at radius 2 is 1.71 bits per heavy atom. The number of hydrogen-bond acceptors (Lipinski definition) is 1. The normalized spacial score (nSPS) is 29.9. The first-order valence-corrected chi connectivity index (χ1v) is 7.49. The van der Waals surface area contributed by atoms with Crippen LogP contribution in [0, 0.1) is 24.7 Å². The van der Waals surface area contributed by atoms with Gasteiger partial charge in [0.25, 0.3) is 0 Å². The molecule has 2 rings (SSSR count). The second-order valence-electron chi connectivity index (χ2n) is 7.40. The smallest absolute Gasteiger partial charge is 0.311 e. The van der Waals surface area contributed by atoms with Crippen molar-refractivity contribution in [1.29, 1.82) is 0 Å². The third kappa shape index (κ3) is 1.74. The van der Waals surface area contributed by atoms with Crippen molar-refractivity contribution < 1.29 is 9.90 Å². The average molecular weight is 286 g/mol. The number of allylic oxidation sites excluding steroid dienone is 2. The average Bonchev–Trinajstić information content (AvgIpc) is 2.71. The zero-order chi connectivity index (χ0) is 16.2. The molecule has 1 aliphatic rings. The lowest BCUT2D eigenvalue weighted by Gasteiger charge is -2.22. The summed E-state index contributed by atoms with van der Waals surface area (Å²) >= 11 is 0. The van der Waals surface area contributed by atoms with E-state index in [2.05, 4.69) is 52.0 Å². The van der Waals surface area contributed by atoms with Gasteiger partial charge in [-0.05, 0) is 51.2 Å². The van der Waals surface area contributed by atoms with E-state index in [0.717, 1.165) is 11.1 Å². The molecule has 1 N–H and O–H groups in total. The van der Waals surface area contributed by atoms with E-state index in [1.165, 1.54) is 11.1 Å². The van der Waals surface area contributed by atoms with Gasteiger partial charge in [0.1, 0.15) is 0 Å². The number of carbonyl (C=O) groups is 1. The van der Waals surface area contributed by atoms with E-state index in [-0.39, 0.29) is 5.41 Å². The minimum absolute atomic E-state index is 0.316. The fourth-order valence-corrected chi connectivity index (χ4v) is 4.27. The van der Waals surface area contributed by atoms with Crippen LogP contribution in [-0.2, 0) is 10.2 Å². The van der Waals surface area contributed by atoms with Crippen molar-refractivity contribution in [3.05, 3.63) is 46.5 Å². The molecule has 2 nitrogen and oxygen atoms in total. The first kappa shape index (κ1) is 15.8. The maximum Gasteiger partial charge on any atom is 0.311 e. The van der Waals surface area contributed by atoms with Crippen molar-refractivity contribution in [1.82, 2.24) is 0 Å². The Morgan fingerprint density at radius 1 is 1.14 bits per heavy atom. The largest absolute Gasteiger partial charge is 0.481 e. The predicted molar refractivity (Wildman–Crippen MR) is 86.5 cm³/mol. The van der Waals surface area contributed by atoms with Crippen LogP contribution >= 0.6 is 0 Å². The summed E-state index contributed by atoms with van der Waals surface area (Å²) in [5.74, 6) is -0.718. The van der Waals surface area contributed by atoms with E-state index in [1.54, 1.807) is 0 Å². The Balaban J connectivity index is 2.79. The molecule has 2 atom stereocenters. The van der Waals surface area contributed by atoms with Gasteiger partial charge in [0, 0.05) is 5.41 Å². The van der Waals surface area contributed by atoms with Crippen LogP contribution in [0.3, 0.4) is 0 Å². The molecule has 114 valence electrons. The number of hydrogen-bond donors (Lipinski definition) is 1. The highest BCUT2D eigenvalue weighted by Gasteiger charge is 2.83. The molecule has 0 amide bonds. The van der Waals surface area contributed by atoms with E-state index in [1.807, 2.05) is 20.8 Å². The van der Waals surface area contributed by atoms with Crippen molar-refractivity contribution in [2.24, 2.45) is 10.8 Å². The fraction of sp³-hybridized carbons (Fsp3) is 0.526. The predicted octanol–water partition coefficient (Wildman–Crippen LogP) is 4.64. The monoisotopic (exact) mass is 286 g/mol.